The van der Waals surface area contributed by atoms with Gasteiger partial charge in [-0.05, 0) is 54.7 Å². The van der Waals surface area contributed by atoms with Crippen LogP contribution in [0.2, 0.25) is 11.6 Å². The van der Waals surface area contributed by atoms with Crippen molar-refractivity contribution in [1.29, 1.82) is 0 Å². The Hall–Kier alpha value is -0.983. The molecule has 0 aliphatic rings. The Kier molecular flexibility index (Phi) is 15.0. The number of unbranched alkanes of at least 4 members (excludes halogenated alkanes) is 3. The number of aromatic nitrogens is 1. The van der Waals surface area contributed by atoms with Crippen LogP contribution in [0, 0.1) is 0 Å². The van der Waals surface area contributed by atoms with E-state index in [0.717, 1.165) is 10.1 Å². The molecule has 30 heavy (non-hydrogen) atoms. The van der Waals surface area contributed by atoms with E-state index in [2.05, 4.69) is 32.3 Å². The second kappa shape index (κ2) is 16.7. The molecule has 172 valence electrons. The van der Waals surface area contributed by atoms with Gasteiger partial charge in [-0.1, -0.05) is 65.4 Å². The molecule has 1 aromatic heterocycles. The first-order valence-corrected chi connectivity index (χ1v) is 14.7. The largest absolute Gasteiger partial charge is 0.539 e. The maximum absolute atomic E-state index is 6.75. The Morgan fingerprint density at radius 3 is 2.17 bits per heavy atom. The maximum Gasteiger partial charge on any atom is 0.239 e. The van der Waals surface area contributed by atoms with E-state index in [1.54, 1.807) is 25.1 Å². The van der Waals surface area contributed by atoms with Gasteiger partial charge < -0.3 is 13.9 Å². The van der Waals surface area contributed by atoms with Crippen LogP contribution in [0.4, 0.5) is 0 Å². The minimum atomic E-state index is -1.53. The molecule has 1 rings (SSSR count). The van der Waals surface area contributed by atoms with E-state index in [4.69, 9.17) is 13.9 Å². The summed E-state index contributed by atoms with van der Waals surface area (Å²) in [5.74, 6) is 0. The van der Waals surface area contributed by atoms with E-state index in [-0.39, 0.29) is 0 Å². The highest BCUT2D eigenvalue weighted by Crippen LogP contribution is 2.48. The van der Waals surface area contributed by atoms with Crippen LogP contribution in [0.15, 0.2) is 40.8 Å². The summed E-state index contributed by atoms with van der Waals surface area (Å²) in [5.41, 5.74) is 0. The number of hydrogen-bond donors (Lipinski definition) is 0. The van der Waals surface area contributed by atoms with Crippen LogP contribution in [0.5, 0.6) is 0 Å². The first kappa shape index (κ1) is 27.1. The molecule has 1 heterocycles. The lowest BCUT2D eigenvalue weighted by Gasteiger charge is -2.39. The summed E-state index contributed by atoms with van der Waals surface area (Å²) in [7, 11) is 0.152. The van der Waals surface area contributed by atoms with Gasteiger partial charge in [-0.25, -0.2) is 4.98 Å². The zero-order valence-electron chi connectivity index (χ0n) is 19.8. The van der Waals surface area contributed by atoms with E-state index >= 15 is 0 Å². The number of hydrogen-bond acceptors (Lipinski definition) is 5. The van der Waals surface area contributed by atoms with Crippen LogP contribution in [-0.2, 0) is 13.9 Å². The third-order valence-corrected chi connectivity index (χ3v) is 9.88. The fraction of sp³-hybridized carbons (Fsp3) is 0.708. The van der Waals surface area contributed by atoms with Crippen LogP contribution in [0.25, 0.3) is 0 Å². The summed E-state index contributed by atoms with van der Waals surface area (Å²) >= 11 is 1.56. The quantitative estimate of drug-likeness (QED) is 0.101. The molecule has 0 bridgehead atoms. The maximum atomic E-state index is 6.75. The Morgan fingerprint density at radius 2 is 1.67 bits per heavy atom. The number of nitrogens with zero attached hydrogens (tertiary/aromatic N) is 1. The third-order valence-electron chi connectivity index (χ3n) is 5.67. The molecule has 1 aromatic rings. The molecular weight excluding hydrogens is 410 g/mol. The van der Waals surface area contributed by atoms with Gasteiger partial charge in [0.1, 0.15) is 17.9 Å². The predicted molar refractivity (Wildman–Crippen MR) is 131 cm³/mol. The standard InChI is InChI=1S/C24H43NO3SSi/c1-6-9-15-24(16-10-7-2,17-11-8-3)30(5)28-23(21-27-20-19-26-4)29-22-14-12-13-18-25-22/h12-14,18,21,30H,6-11,15-17,19-20H2,1-5H3. The summed E-state index contributed by atoms with van der Waals surface area (Å²) in [6, 6.07) is 5.96. The van der Waals surface area contributed by atoms with Gasteiger partial charge in [-0.2, -0.15) is 0 Å². The molecule has 4 nitrogen and oxygen atoms in total. The topological polar surface area (TPSA) is 40.6 Å². The predicted octanol–water partition coefficient (Wildman–Crippen LogP) is 7.32. The second-order valence-corrected chi connectivity index (χ2v) is 11.8. The smallest absolute Gasteiger partial charge is 0.239 e. The lowest BCUT2D eigenvalue weighted by atomic mass is 9.89. The van der Waals surface area contributed by atoms with Crippen molar-refractivity contribution >= 4 is 20.8 Å². The molecule has 6 heteroatoms. The highest BCUT2D eigenvalue weighted by atomic mass is 32.2. The Labute approximate surface area is 190 Å². The molecule has 0 N–H and O–H groups in total. The van der Waals surface area contributed by atoms with Crippen molar-refractivity contribution in [3.8, 4) is 0 Å². The van der Waals surface area contributed by atoms with Crippen molar-refractivity contribution in [2.75, 3.05) is 20.3 Å². The van der Waals surface area contributed by atoms with Gasteiger partial charge in [-0.3, -0.25) is 0 Å². The van der Waals surface area contributed by atoms with Crippen molar-refractivity contribution in [2.24, 2.45) is 0 Å². The van der Waals surface area contributed by atoms with Gasteiger partial charge in [0.05, 0.1) is 6.61 Å². The highest BCUT2D eigenvalue weighted by Gasteiger charge is 2.38. The van der Waals surface area contributed by atoms with E-state index in [0.29, 0.717) is 18.3 Å². The van der Waals surface area contributed by atoms with E-state index < -0.39 is 9.04 Å². The van der Waals surface area contributed by atoms with E-state index in [1.165, 1.54) is 57.8 Å². The molecule has 0 aliphatic heterocycles. The number of ether oxygens (including phenoxy) is 2. The number of rotatable bonds is 18. The fourth-order valence-electron chi connectivity index (χ4n) is 3.72. The Morgan fingerprint density at radius 1 is 1.03 bits per heavy atom. The zero-order valence-corrected chi connectivity index (χ0v) is 21.8. The van der Waals surface area contributed by atoms with Gasteiger partial charge in [0.2, 0.25) is 9.04 Å². The van der Waals surface area contributed by atoms with Crippen LogP contribution in [-0.4, -0.2) is 34.3 Å². The average molecular weight is 454 g/mol. The molecule has 0 spiro atoms. The number of methoxy groups -OCH3 is 1. The molecule has 0 saturated carbocycles. The molecule has 0 aliphatic carbocycles. The summed E-state index contributed by atoms with van der Waals surface area (Å²) in [4.78, 5) is 4.46. The third kappa shape index (κ3) is 10.4. The van der Waals surface area contributed by atoms with Crippen molar-refractivity contribution in [2.45, 2.75) is 95.2 Å². The summed E-state index contributed by atoms with van der Waals surface area (Å²) in [5, 5.41) is 2.11. The van der Waals surface area contributed by atoms with Crippen molar-refractivity contribution in [3.05, 3.63) is 35.7 Å². The van der Waals surface area contributed by atoms with Gasteiger partial charge in [0.15, 0.2) is 5.09 Å². The summed E-state index contributed by atoms with van der Waals surface area (Å²) in [6.45, 7) is 10.4. The normalized spacial score (nSPS) is 13.3. The molecule has 0 radical (unpaired) electrons. The van der Waals surface area contributed by atoms with E-state index in [1.807, 2.05) is 24.4 Å². The lowest BCUT2D eigenvalue weighted by Crippen LogP contribution is -2.33. The summed E-state index contributed by atoms with van der Waals surface area (Å²) in [6.07, 6.45) is 15.0. The molecule has 0 amide bonds. The highest BCUT2D eigenvalue weighted by molar-refractivity contribution is 8.02. The van der Waals surface area contributed by atoms with Crippen molar-refractivity contribution in [1.82, 2.24) is 4.98 Å². The number of thioether (sulfide) groups is 1. The Bertz CT molecular complexity index is 549. The van der Waals surface area contributed by atoms with Gasteiger partial charge >= 0.3 is 0 Å². The second-order valence-electron chi connectivity index (χ2n) is 8.00. The van der Waals surface area contributed by atoms with Crippen LogP contribution in [0.1, 0.15) is 78.6 Å². The molecule has 0 fully saturated rings. The lowest BCUT2D eigenvalue weighted by molar-refractivity contribution is 0.121. The van der Waals surface area contributed by atoms with E-state index in [9.17, 15) is 0 Å². The zero-order chi connectivity index (χ0) is 22.1. The first-order valence-electron chi connectivity index (χ1n) is 11.7. The summed E-state index contributed by atoms with van der Waals surface area (Å²) < 4.78 is 17.6. The minimum Gasteiger partial charge on any atom is -0.539 e. The van der Waals surface area contributed by atoms with Gasteiger partial charge in [-0.15, -0.1) is 0 Å². The van der Waals surface area contributed by atoms with Crippen molar-refractivity contribution < 1.29 is 13.9 Å². The average Bonchev–Trinajstić information content (AvgIpc) is 2.77. The molecule has 1 unspecified atom stereocenters. The van der Waals surface area contributed by atoms with Crippen LogP contribution >= 0.6 is 11.8 Å². The van der Waals surface area contributed by atoms with Gasteiger partial charge in [0.25, 0.3) is 0 Å². The SMILES string of the molecule is CCCCC(CCCC)(CCCC)[SiH](C)OC(=COCCOC)Sc1ccccn1. The van der Waals surface area contributed by atoms with Crippen LogP contribution in [0.3, 0.4) is 0 Å². The molecule has 0 saturated heterocycles. The molecular formula is C24H43NO3SSi. The minimum absolute atomic E-state index is 0.346. The van der Waals surface area contributed by atoms with Gasteiger partial charge in [0, 0.05) is 13.3 Å². The number of pyridine rings is 1. The Balaban J connectivity index is 3.02. The molecule has 0 aromatic carbocycles. The molecule has 1 atom stereocenters. The van der Waals surface area contributed by atoms with Crippen molar-refractivity contribution in [3.63, 3.8) is 0 Å². The fourth-order valence-corrected chi connectivity index (χ4v) is 7.41. The monoisotopic (exact) mass is 453 g/mol. The van der Waals surface area contributed by atoms with Crippen LogP contribution < -0.4 is 0 Å². The first-order chi connectivity index (χ1) is 14.6.